The fourth-order valence-corrected chi connectivity index (χ4v) is 6.28. The van der Waals surface area contributed by atoms with Crippen LogP contribution < -0.4 is 10.2 Å². The van der Waals surface area contributed by atoms with Gasteiger partial charge < -0.3 is 10.2 Å². The minimum Gasteiger partial charge on any atom is -0.336 e. The lowest BCUT2D eigenvalue weighted by Gasteiger charge is -2.34. The van der Waals surface area contributed by atoms with Crippen LogP contribution >= 0.6 is 0 Å². The molecule has 0 unspecified atom stereocenters. The van der Waals surface area contributed by atoms with E-state index >= 15 is 0 Å². The normalized spacial score (nSPS) is 17.1. The van der Waals surface area contributed by atoms with Crippen molar-refractivity contribution in [2.45, 2.75) is 18.7 Å². The lowest BCUT2D eigenvalue weighted by Crippen LogP contribution is -2.50. The van der Waals surface area contributed by atoms with Gasteiger partial charge in [0.05, 0.1) is 5.52 Å². The number of para-hydroxylation sites is 1. The third kappa shape index (κ3) is 4.23. The number of urea groups is 1. The Hall–Kier alpha value is -3.50. The molecule has 0 radical (unpaired) electrons. The number of fused-ring (bicyclic) bond motifs is 1. The third-order valence-electron chi connectivity index (χ3n) is 6.55. The molecule has 3 aromatic rings. The Morgan fingerprint density at radius 1 is 1.00 bits per heavy atom. The highest BCUT2D eigenvalue weighted by Crippen LogP contribution is 2.27. The van der Waals surface area contributed by atoms with Crippen LogP contribution in [0.1, 0.15) is 21.5 Å². The zero-order valence-corrected chi connectivity index (χ0v) is 20.5. The number of sulfonamides is 1. The van der Waals surface area contributed by atoms with Crippen LogP contribution in [0.25, 0.3) is 10.9 Å². The van der Waals surface area contributed by atoms with Gasteiger partial charge >= 0.3 is 6.03 Å². The standard InChI is InChI=1S/C25H27N5O4S/c1-17-14-19-4-3-5-22(23(19)27-16-17)35(33,34)29-12-10-28(11-13-29)24(31)20-6-7-21(18(2)15-20)30-9-8-26-25(30)32/h3-7,14-16H,8-13H2,1-2H3,(H,26,32). The smallest absolute Gasteiger partial charge is 0.322 e. The van der Waals surface area contributed by atoms with E-state index in [4.69, 9.17) is 0 Å². The average Bonchev–Trinajstić information content (AvgIpc) is 3.28. The van der Waals surface area contributed by atoms with Gasteiger partial charge in [-0.2, -0.15) is 4.31 Å². The highest BCUT2D eigenvalue weighted by atomic mass is 32.2. The van der Waals surface area contributed by atoms with Crippen LogP contribution in [0.5, 0.6) is 0 Å². The average molecular weight is 494 g/mol. The summed E-state index contributed by atoms with van der Waals surface area (Å²) in [4.78, 5) is 33.0. The Kier molecular flexibility index (Phi) is 5.94. The molecular formula is C25H27N5O4S. The number of carbonyl (C=O) groups excluding carboxylic acids is 2. The second-order valence-corrected chi connectivity index (χ2v) is 10.8. The number of nitrogens with zero attached hydrogens (tertiary/aromatic N) is 4. The monoisotopic (exact) mass is 493 g/mol. The van der Waals surface area contributed by atoms with Gasteiger partial charge in [-0.05, 0) is 55.3 Å². The molecule has 182 valence electrons. The maximum absolute atomic E-state index is 13.4. The SMILES string of the molecule is Cc1cnc2c(S(=O)(=O)N3CCN(C(=O)c4ccc(N5CCNC5=O)c(C)c4)CC3)cccc2c1. The number of nitrogens with one attached hydrogen (secondary N) is 1. The number of rotatable bonds is 4. The number of anilines is 1. The Morgan fingerprint density at radius 3 is 2.46 bits per heavy atom. The Labute approximate surface area is 204 Å². The van der Waals surface area contributed by atoms with Crippen molar-refractivity contribution in [1.82, 2.24) is 19.5 Å². The minimum absolute atomic E-state index is 0.138. The number of aryl methyl sites for hydroxylation is 2. The van der Waals surface area contributed by atoms with Gasteiger partial charge in [-0.1, -0.05) is 12.1 Å². The van der Waals surface area contributed by atoms with Gasteiger partial charge in [0.2, 0.25) is 10.0 Å². The molecule has 35 heavy (non-hydrogen) atoms. The van der Waals surface area contributed by atoms with E-state index in [1.165, 1.54) is 4.31 Å². The number of amides is 3. The van der Waals surface area contributed by atoms with Crippen LogP contribution in [-0.2, 0) is 10.0 Å². The molecule has 0 bridgehead atoms. The number of aromatic nitrogens is 1. The quantitative estimate of drug-likeness (QED) is 0.602. The molecule has 2 fully saturated rings. The van der Waals surface area contributed by atoms with Gasteiger partial charge in [-0.15, -0.1) is 0 Å². The molecule has 3 heterocycles. The van der Waals surface area contributed by atoms with Gasteiger partial charge in [0.1, 0.15) is 4.90 Å². The summed E-state index contributed by atoms with van der Waals surface area (Å²) in [5, 5.41) is 3.56. The van der Waals surface area contributed by atoms with Gasteiger partial charge in [0.15, 0.2) is 0 Å². The van der Waals surface area contributed by atoms with E-state index in [0.717, 1.165) is 22.2 Å². The van der Waals surface area contributed by atoms with Crippen molar-refractivity contribution in [3.05, 3.63) is 65.4 Å². The molecule has 3 amide bonds. The first kappa shape index (κ1) is 23.3. The zero-order chi connectivity index (χ0) is 24.7. The Balaban J connectivity index is 1.30. The molecule has 2 saturated heterocycles. The predicted octanol–water partition coefficient (Wildman–Crippen LogP) is 2.53. The van der Waals surface area contributed by atoms with E-state index in [0.29, 0.717) is 37.3 Å². The number of benzene rings is 2. The molecule has 0 aliphatic carbocycles. The molecule has 2 aliphatic heterocycles. The van der Waals surface area contributed by atoms with Gasteiger partial charge in [0.25, 0.3) is 5.91 Å². The maximum atomic E-state index is 13.4. The largest absolute Gasteiger partial charge is 0.336 e. The number of hydrogen-bond acceptors (Lipinski definition) is 5. The summed E-state index contributed by atoms with van der Waals surface area (Å²) in [7, 11) is -3.75. The molecule has 9 nitrogen and oxygen atoms in total. The molecular weight excluding hydrogens is 466 g/mol. The molecule has 0 saturated carbocycles. The van der Waals surface area contributed by atoms with Crippen LogP contribution in [0.4, 0.5) is 10.5 Å². The number of carbonyl (C=O) groups is 2. The molecule has 2 aromatic carbocycles. The van der Waals surface area contributed by atoms with Crippen molar-refractivity contribution in [3.63, 3.8) is 0 Å². The van der Waals surface area contributed by atoms with E-state index in [9.17, 15) is 18.0 Å². The number of pyridine rings is 1. The fourth-order valence-electron chi connectivity index (χ4n) is 4.70. The van der Waals surface area contributed by atoms with Crippen molar-refractivity contribution in [2.75, 3.05) is 44.2 Å². The molecule has 10 heteroatoms. The van der Waals surface area contributed by atoms with Crippen LogP contribution in [0, 0.1) is 13.8 Å². The van der Waals surface area contributed by atoms with Crippen LogP contribution in [0.15, 0.2) is 53.6 Å². The van der Waals surface area contributed by atoms with Crippen molar-refractivity contribution < 1.29 is 18.0 Å². The summed E-state index contributed by atoms with van der Waals surface area (Å²) in [5.41, 5.74) is 3.57. The van der Waals surface area contributed by atoms with Crippen molar-refractivity contribution in [1.29, 1.82) is 0 Å². The van der Waals surface area contributed by atoms with Crippen LogP contribution in [0.2, 0.25) is 0 Å². The Bertz CT molecular complexity index is 1430. The van der Waals surface area contributed by atoms with Crippen LogP contribution in [-0.4, -0.2) is 73.8 Å². The fraction of sp³-hybridized carbons (Fsp3) is 0.320. The first-order valence-electron chi connectivity index (χ1n) is 11.6. The first-order chi connectivity index (χ1) is 16.8. The van der Waals surface area contributed by atoms with Gasteiger partial charge in [0, 0.05) is 62.1 Å². The minimum atomic E-state index is -3.75. The van der Waals surface area contributed by atoms with Crippen LogP contribution in [0.3, 0.4) is 0 Å². The van der Waals surface area contributed by atoms with Crippen molar-refractivity contribution >= 4 is 38.6 Å². The molecule has 2 aliphatic rings. The van der Waals surface area contributed by atoms with Crippen molar-refractivity contribution in [3.8, 4) is 0 Å². The first-order valence-corrected chi connectivity index (χ1v) is 13.0. The third-order valence-corrected chi connectivity index (χ3v) is 8.48. The topological polar surface area (TPSA) is 103 Å². The highest BCUT2D eigenvalue weighted by Gasteiger charge is 2.32. The van der Waals surface area contributed by atoms with E-state index in [2.05, 4.69) is 10.3 Å². The van der Waals surface area contributed by atoms with E-state index < -0.39 is 10.0 Å². The Morgan fingerprint density at radius 2 is 1.77 bits per heavy atom. The predicted molar refractivity (Wildman–Crippen MR) is 133 cm³/mol. The second kappa shape index (κ2) is 8.94. The lowest BCUT2D eigenvalue weighted by atomic mass is 10.1. The lowest BCUT2D eigenvalue weighted by molar-refractivity contribution is 0.0698. The van der Waals surface area contributed by atoms with Gasteiger partial charge in [-0.25, -0.2) is 13.2 Å². The summed E-state index contributed by atoms with van der Waals surface area (Å²) in [6.45, 7) is 6.00. The van der Waals surface area contributed by atoms with E-state index in [1.54, 1.807) is 46.3 Å². The summed E-state index contributed by atoms with van der Waals surface area (Å²) < 4.78 is 28.2. The zero-order valence-electron chi connectivity index (χ0n) is 19.7. The summed E-state index contributed by atoms with van der Waals surface area (Å²) >= 11 is 0. The van der Waals surface area contributed by atoms with Gasteiger partial charge in [-0.3, -0.25) is 14.7 Å². The maximum Gasteiger partial charge on any atom is 0.322 e. The summed E-state index contributed by atoms with van der Waals surface area (Å²) in [5.74, 6) is -0.148. The van der Waals surface area contributed by atoms with E-state index in [-0.39, 0.29) is 29.9 Å². The summed E-state index contributed by atoms with van der Waals surface area (Å²) in [6, 6.07) is 12.3. The highest BCUT2D eigenvalue weighted by molar-refractivity contribution is 7.89. The second-order valence-electron chi connectivity index (χ2n) is 8.92. The molecule has 0 spiro atoms. The molecule has 0 atom stereocenters. The molecule has 1 aromatic heterocycles. The molecule has 5 rings (SSSR count). The number of piperazine rings is 1. The number of hydrogen-bond donors (Lipinski definition) is 1. The summed E-state index contributed by atoms with van der Waals surface area (Å²) in [6.07, 6.45) is 1.67. The van der Waals surface area contributed by atoms with E-state index in [1.807, 2.05) is 26.0 Å². The van der Waals surface area contributed by atoms with Crippen molar-refractivity contribution in [2.24, 2.45) is 0 Å². The molecule has 1 N–H and O–H groups in total.